The minimum Gasteiger partial charge on any atom is -0.358 e. The van der Waals surface area contributed by atoms with Crippen molar-refractivity contribution in [2.45, 2.75) is 25.7 Å². The standard InChI is InChI=1S/C8H14.CH3.3V.W/c1-7-4-3-5-8(2)6-7;;;;;/h7-8H,1-6H2;1H3;;;;/q-2;-1;;;;. The second-order valence-corrected chi connectivity index (χ2v) is 2.90. The Bertz CT molecular complexity index is 73.3. The maximum absolute atomic E-state index is 4.01. The molecule has 1 aliphatic carbocycles. The molecule has 1 aliphatic rings. The predicted octanol–water partition coefficient (Wildman–Crippen LogP) is 2.90. The molecular weight excluding hydrogens is 445 g/mol. The smallest absolute Gasteiger partial charge is 0 e. The molecule has 1 fully saturated rings. The van der Waals surface area contributed by atoms with Crippen molar-refractivity contribution < 1.29 is 76.7 Å². The minimum atomic E-state index is 0. The fourth-order valence-corrected chi connectivity index (χ4v) is 1.40. The van der Waals surface area contributed by atoms with E-state index in [1.807, 2.05) is 0 Å². The Morgan fingerprint density at radius 1 is 0.846 bits per heavy atom. The molecule has 0 bridgehead atoms. The second-order valence-electron chi connectivity index (χ2n) is 2.90. The summed E-state index contributed by atoms with van der Waals surface area (Å²) >= 11 is 0. The molecule has 0 aromatic rings. The van der Waals surface area contributed by atoms with E-state index in [9.17, 15) is 0 Å². The number of rotatable bonds is 0. The topological polar surface area (TPSA) is 0 Å². The first-order valence-corrected chi connectivity index (χ1v) is 3.45. The summed E-state index contributed by atoms with van der Waals surface area (Å²) in [6.07, 6.45) is 5.25. The Morgan fingerprint density at radius 2 is 1.15 bits per heavy atom. The van der Waals surface area contributed by atoms with Gasteiger partial charge in [0.1, 0.15) is 0 Å². The Hall–Kier alpha value is 2.44. The van der Waals surface area contributed by atoms with Crippen molar-refractivity contribution >= 4 is 0 Å². The summed E-state index contributed by atoms with van der Waals surface area (Å²) < 4.78 is 0. The number of hydrogen-bond acceptors (Lipinski definition) is 0. The molecule has 0 aromatic carbocycles. The molecule has 0 aromatic heterocycles. The Balaban J connectivity index is -0.0000000427. The number of hydrogen-bond donors (Lipinski definition) is 0. The van der Waals surface area contributed by atoms with Gasteiger partial charge in [0.05, 0.1) is 0 Å². The van der Waals surface area contributed by atoms with Gasteiger partial charge < -0.3 is 21.3 Å². The van der Waals surface area contributed by atoms with Gasteiger partial charge in [-0.3, -0.25) is 0 Å². The van der Waals surface area contributed by atoms with E-state index in [0.29, 0.717) is 11.8 Å². The summed E-state index contributed by atoms with van der Waals surface area (Å²) in [6, 6.07) is 0. The van der Waals surface area contributed by atoms with E-state index in [4.69, 9.17) is 0 Å². The average molecular weight is 462 g/mol. The molecule has 0 saturated heterocycles. The first kappa shape index (κ1) is 29.5. The summed E-state index contributed by atoms with van der Waals surface area (Å²) in [5.41, 5.74) is 0. The molecule has 0 amide bonds. The van der Waals surface area contributed by atoms with Crippen molar-refractivity contribution in [1.29, 1.82) is 0 Å². The third kappa shape index (κ3) is 14.4. The van der Waals surface area contributed by atoms with Crippen molar-refractivity contribution in [2.75, 3.05) is 0 Å². The molecule has 2 unspecified atom stereocenters. The fraction of sp³-hybridized carbons (Fsp3) is 0.667. The van der Waals surface area contributed by atoms with Gasteiger partial charge >= 0.3 is 0 Å². The van der Waals surface area contributed by atoms with E-state index < -0.39 is 0 Å². The van der Waals surface area contributed by atoms with Crippen LogP contribution >= 0.6 is 0 Å². The van der Waals surface area contributed by atoms with Gasteiger partial charge in [-0.05, 0) is 0 Å². The van der Waals surface area contributed by atoms with Crippen molar-refractivity contribution in [3.63, 3.8) is 0 Å². The van der Waals surface area contributed by atoms with E-state index in [0.717, 1.165) is 0 Å². The summed E-state index contributed by atoms with van der Waals surface area (Å²) in [7, 11) is 0. The van der Waals surface area contributed by atoms with Crippen LogP contribution in [0.3, 0.4) is 0 Å². The van der Waals surface area contributed by atoms with E-state index >= 15 is 0 Å². The molecule has 0 heterocycles. The first-order chi connectivity index (χ1) is 3.79. The van der Waals surface area contributed by atoms with Crippen LogP contribution in [0, 0.1) is 33.1 Å². The predicted molar refractivity (Wildman–Crippen MR) is 42.6 cm³/mol. The van der Waals surface area contributed by atoms with Gasteiger partial charge in [0.15, 0.2) is 0 Å². The molecule has 77 valence electrons. The zero-order valence-corrected chi connectivity index (χ0v) is 15.3. The van der Waals surface area contributed by atoms with Gasteiger partial charge in [-0.2, -0.15) is 11.8 Å². The van der Waals surface area contributed by atoms with Crippen LogP contribution in [0.5, 0.6) is 0 Å². The van der Waals surface area contributed by atoms with Crippen molar-refractivity contribution in [3.05, 3.63) is 21.3 Å². The summed E-state index contributed by atoms with van der Waals surface area (Å²) in [6.45, 7) is 8.02. The fourth-order valence-electron chi connectivity index (χ4n) is 1.40. The van der Waals surface area contributed by atoms with E-state index in [1.165, 1.54) is 25.7 Å². The average Bonchev–Trinajstić information content (AvgIpc) is 1.64. The molecule has 4 heteroatoms. The SMILES string of the molecule is [CH2-]C1CCCC([CH2-])C1.[CH3-].[V].[V].[V].[W]. The molecular formula is C9H17V3W-3. The van der Waals surface area contributed by atoms with Crippen LogP contribution in [-0.4, -0.2) is 0 Å². The second kappa shape index (κ2) is 16.9. The third-order valence-corrected chi connectivity index (χ3v) is 1.89. The largest absolute Gasteiger partial charge is 0.358 e. The molecule has 2 atom stereocenters. The molecule has 3 radical (unpaired) electrons. The van der Waals surface area contributed by atoms with Gasteiger partial charge in [0.25, 0.3) is 0 Å². The van der Waals surface area contributed by atoms with Crippen LogP contribution in [0.25, 0.3) is 0 Å². The quantitative estimate of drug-likeness (QED) is 0.487. The van der Waals surface area contributed by atoms with Gasteiger partial charge in [0.2, 0.25) is 0 Å². The Kier molecular flexibility index (Phi) is 38.3. The van der Waals surface area contributed by atoms with E-state index in [-0.39, 0.29) is 84.2 Å². The zero-order valence-electron chi connectivity index (χ0n) is 8.15. The zero-order chi connectivity index (χ0) is 5.98. The normalized spacial score (nSPS) is 24.5. The van der Waals surface area contributed by atoms with Crippen LogP contribution in [0.1, 0.15) is 25.7 Å². The van der Waals surface area contributed by atoms with Crippen LogP contribution in [-0.2, 0) is 76.7 Å². The molecule has 1 rings (SSSR count). The summed E-state index contributed by atoms with van der Waals surface area (Å²) in [4.78, 5) is 0. The van der Waals surface area contributed by atoms with Crippen molar-refractivity contribution in [2.24, 2.45) is 11.8 Å². The van der Waals surface area contributed by atoms with Crippen molar-refractivity contribution in [1.82, 2.24) is 0 Å². The maximum atomic E-state index is 4.01. The van der Waals surface area contributed by atoms with Gasteiger partial charge in [-0.25, -0.2) is 0 Å². The molecule has 13 heavy (non-hydrogen) atoms. The van der Waals surface area contributed by atoms with Crippen LogP contribution < -0.4 is 0 Å². The molecule has 0 N–H and O–H groups in total. The Morgan fingerprint density at radius 3 is 1.31 bits per heavy atom. The molecule has 1 saturated carbocycles. The van der Waals surface area contributed by atoms with Crippen LogP contribution in [0.15, 0.2) is 0 Å². The van der Waals surface area contributed by atoms with Gasteiger partial charge in [-0.15, -0.1) is 6.42 Å². The van der Waals surface area contributed by atoms with Crippen LogP contribution in [0.2, 0.25) is 0 Å². The van der Waals surface area contributed by atoms with Gasteiger partial charge in [0, 0.05) is 76.7 Å². The summed E-state index contributed by atoms with van der Waals surface area (Å²) in [5, 5.41) is 0. The molecule has 0 spiro atoms. The molecule has 0 aliphatic heterocycles. The Labute approximate surface area is 134 Å². The maximum Gasteiger partial charge on any atom is 0 e. The third-order valence-electron chi connectivity index (χ3n) is 1.89. The molecule has 0 nitrogen and oxygen atoms in total. The van der Waals surface area contributed by atoms with E-state index in [1.54, 1.807) is 0 Å². The van der Waals surface area contributed by atoms with Crippen molar-refractivity contribution in [3.8, 4) is 0 Å². The first-order valence-electron chi connectivity index (χ1n) is 3.45. The minimum absolute atomic E-state index is 0. The summed E-state index contributed by atoms with van der Waals surface area (Å²) in [5.74, 6) is 1.40. The van der Waals surface area contributed by atoms with Gasteiger partial charge in [-0.1, -0.05) is 19.3 Å². The monoisotopic (exact) mass is 462 g/mol. The van der Waals surface area contributed by atoms with E-state index in [2.05, 4.69) is 13.8 Å². The van der Waals surface area contributed by atoms with Crippen LogP contribution in [0.4, 0.5) is 0 Å².